The molecule has 0 unspecified atom stereocenters. The van der Waals surface area contributed by atoms with E-state index in [4.69, 9.17) is 19.9 Å². The van der Waals surface area contributed by atoms with E-state index >= 15 is 0 Å². The molecular formula is C37H41N7O8S2. The Morgan fingerprint density at radius 2 is 1.15 bits per heavy atom. The van der Waals surface area contributed by atoms with Crippen molar-refractivity contribution >= 4 is 31.5 Å². The summed E-state index contributed by atoms with van der Waals surface area (Å²) in [6.07, 6.45) is 16.9. The van der Waals surface area contributed by atoms with Crippen LogP contribution in [0.1, 0.15) is 70.2 Å². The van der Waals surface area contributed by atoms with Gasteiger partial charge in [0.25, 0.3) is 16.3 Å². The molecule has 54 heavy (non-hydrogen) atoms. The Hall–Kier alpha value is -5.18. The van der Waals surface area contributed by atoms with Gasteiger partial charge in [0, 0.05) is 17.8 Å². The quantitative estimate of drug-likeness (QED) is 0.193. The number of nitrogens with two attached hydrogens (primary N) is 1. The van der Waals surface area contributed by atoms with Crippen molar-refractivity contribution in [3.8, 4) is 23.8 Å². The van der Waals surface area contributed by atoms with Crippen LogP contribution in [-0.2, 0) is 76.0 Å². The number of nitrogens with one attached hydrogen (secondary N) is 1. The number of fused-ring (bicyclic) bond motifs is 4. The second kappa shape index (κ2) is 16.5. The average Bonchev–Trinajstić information content (AvgIpc) is 3.99. The molecule has 2 heterocycles. The number of hydrogen-bond acceptors (Lipinski definition) is 13. The van der Waals surface area contributed by atoms with Crippen LogP contribution in [0.4, 0.5) is 5.69 Å². The van der Waals surface area contributed by atoms with E-state index in [1.807, 2.05) is 6.26 Å². The minimum absolute atomic E-state index is 0.141. The molecule has 0 aliphatic heterocycles. The number of aryl methyl sites for hydroxylation is 4. The zero-order valence-electron chi connectivity index (χ0n) is 30.1. The molecule has 0 saturated heterocycles. The number of methoxy groups -OCH3 is 2. The van der Waals surface area contributed by atoms with E-state index in [-0.39, 0.29) is 21.8 Å². The number of ether oxygens (including phenoxy) is 3. The van der Waals surface area contributed by atoms with Crippen molar-refractivity contribution in [3.63, 3.8) is 0 Å². The Labute approximate surface area is 314 Å². The van der Waals surface area contributed by atoms with Gasteiger partial charge in [-0.3, -0.25) is 4.79 Å². The van der Waals surface area contributed by atoms with E-state index in [2.05, 4.69) is 42.1 Å². The van der Waals surface area contributed by atoms with E-state index in [9.17, 15) is 21.6 Å². The number of sulfone groups is 1. The minimum atomic E-state index is -3.88. The Bertz CT molecular complexity index is 2280. The summed E-state index contributed by atoms with van der Waals surface area (Å²) in [7, 11) is -4.89. The van der Waals surface area contributed by atoms with Gasteiger partial charge in [-0.15, -0.1) is 5.26 Å². The number of carbonyl (C=O) groups is 1. The second-order valence-corrected chi connectivity index (χ2v) is 16.7. The summed E-state index contributed by atoms with van der Waals surface area (Å²) < 4.78 is 61.4. The molecule has 284 valence electrons. The predicted octanol–water partition coefficient (Wildman–Crippen LogP) is 3.53. The van der Waals surface area contributed by atoms with Crippen molar-refractivity contribution in [1.29, 1.82) is 5.26 Å². The van der Waals surface area contributed by atoms with Crippen molar-refractivity contribution in [2.24, 2.45) is 5.14 Å². The van der Waals surface area contributed by atoms with Crippen molar-refractivity contribution in [2.45, 2.75) is 87.1 Å². The van der Waals surface area contributed by atoms with Gasteiger partial charge < -0.3 is 19.5 Å². The number of hydrogen-bond donors (Lipinski definition) is 2. The highest BCUT2D eigenvalue weighted by Crippen LogP contribution is 2.40. The third kappa shape index (κ3) is 8.61. The normalized spacial score (nSPS) is 14.9. The lowest BCUT2D eigenvalue weighted by atomic mass is 9.98. The van der Waals surface area contributed by atoms with Gasteiger partial charge >= 0.3 is 0 Å². The number of anilines is 1. The number of nitrogens with zero attached hydrogens (tertiary/aromatic N) is 5. The van der Waals surface area contributed by atoms with Crippen LogP contribution >= 0.6 is 0 Å². The molecule has 4 aliphatic rings. The van der Waals surface area contributed by atoms with Crippen molar-refractivity contribution in [3.05, 3.63) is 81.4 Å². The standard InChI is InChI=1S/C19H21N3O4S.C13H13NO.C5H7N3O3S/c1-26-17-9-18(21-11-20-17)27(24,25)10-16(23)22-19-14-6-2-4-12(14)8-13-5-3-7-15(13)19;14-8-15-13-11-5-1-3-9(11)7-10-4-2-6-12(10)13;1-11-4-2-5(8-3-7-4)12(6,9)10/h8-9,11H,2-7,10H2,1H3,(H,22,23);7H,1-6H2;2-3H,1H3,(H2,6,9,10). The van der Waals surface area contributed by atoms with Crippen LogP contribution in [0.5, 0.6) is 17.5 Å². The van der Waals surface area contributed by atoms with Crippen LogP contribution in [0.25, 0.3) is 0 Å². The van der Waals surface area contributed by atoms with E-state index in [1.54, 1.807) is 0 Å². The minimum Gasteiger partial charge on any atom is -0.481 e. The van der Waals surface area contributed by atoms with Crippen LogP contribution in [0.15, 0.2) is 47.0 Å². The van der Waals surface area contributed by atoms with Gasteiger partial charge in [0.15, 0.2) is 10.1 Å². The number of benzene rings is 2. The first-order valence-electron chi connectivity index (χ1n) is 17.6. The molecule has 0 radical (unpaired) electrons. The fraction of sp³-hybridized carbons (Fsp3) is 0.405. The molecule has 2 aromatic heterocycles. The van der Waals surface area contributed by atoms with Crippen LogP contribution < -0.4 is 24.7 Å². The fourth-order valence-electron chi connectivity index (χ4n) is 7.52. The SMILES string of the molecule is COc1cc(S(=O)(=O)CC(=O)Nc2c3c(cc4c2CCC4)CCC3)ncn1.COc1cc(S(N)(=O)=O)ncn1.N#COc1c2c(cc3c1CCC3)CCC2. The Morgan fingerprint density at radius 1 is 0.704 bits per heavy atom. The van der Waals surface area contributed by atoms with Gasteiger partial charge in [0.1, 0.15) is 24.2 Å². The first-order chi connectivity index (χ1) is 25.9. The Kier molecular flexibility index (Phi) is 11.7. The van der Waals surface area contributed by atoms with E-state index in [0.29, 0.717) is 0 Å². The van der Waals surface area contributed by atoms with Gasteiger partial charge in [-0.2, -0.15) is 0 Å². The molecule has 4 aliphatic carbocycles. The first kappa shape index (κ1) is 38.5. The van der Waals surface area contributed by atoms with Crippen molar-refractivity contribution in [1.82, 2.24) is 19.9 Å². The molecule has 0 fully saturated rings. The third-order valence-electron chi connectivity index (χ3n) is 9.89. The summed E-state index contributed by atoms with van der Waals surface area (Å²) >= 11 is 0. The molecular weight excluding hydrogens is 735 g/mol. The second-order valence-electron chi connectivity index (χ2n) is 13.3. The van der Waals surface area contributed by atoms with Crippen molar-refractivity contribution < 1.29 is 35.8 Å². The Morgan fingerprint density at radius 3 is 1.61 bits per heavy atom. The molecule has 8 rings (SSSR count). The van der Waals surface area contributed by atoms with Crippen LogP contribution in [0.2, 0.25) is 0 Å². The summed E-state index contributed by atoms with van der Waals surface area (Å²) in [5.41, 5.74) is 11.2. The maximum atomic E-state index is 12.6. The smallest absolute Gasteiger partial charge is 0.292 e. The summed E-state index contributed by atoms with van der Waals surface area (Å²) in [4.78, 5) is 27.2. The lowest BCUT2D eigenvalue weighted by Gasteiger charge is -2.16. The lowest BCUT2D eigenvalue weighted by molar-refractivity contribution is -0.113. The molecule has 4 aromatic rings. The zero-order chi connectivity index (χ0) is 38.5. The van der Waals surface area contributed by atoms with E-state index < -0.39 is 31.5 Å². The zero-order valence-corrected chi connectivity index (χ0v) is 31.7. The van der Waals surface area contributed by atoms with Crippen molar-refractivity contribution in [2.75, 3.05) is 25.3 Å². The van der Waals surface area contributed by atoms with Gasteiger partial charge in [-0.05, 0) is 122 Å². The topological polar surface area (TPSA) is 226 Å². The molecule has 0 atom stereocenters. The third-order valence-corrected chi connectivity index (χ3v) is 12.2. The summed E-state index contributed by atoms with van der Waals surface area (Å²) in [6.45, 7) is 0. The fourth-order valence-corrected chi connectivity index (χ4v) is 9.03. The first-order valence-corrected chi connectivity index (χ1v) is 20.8. The molecule has 2 aromatic carbocycles. The number of carbonyl (C=O) groups excluding carboxylic acids is 1. The van der Waals surface area contributed by atoms with Crippen LogP contribution in [-0.4, -0.2) is 62.7 Å². The predicted molar refractivity (Wildman–Crippen MR) is 196 cm³/mol. The molecule has 0 saturated carbocycles. The maximum absolute atomic E-state index is 12.6. The molecule has 17 heteroatoms. The summed E-state index contributed by atoms with van der Waals surface area (Å²) in [6, 6.07) is 6.98. The molecule has 15 nitrogen and oxygen atoms in total. The van der Waals surface area contributed by atoms with Gasteiger partial charge in [-0.25, -0.2) is 41.9 Å². The number of aromatic nitrogens is 4. The van der Waals surface area contributed by atoms with E-state index in [1.165, 1.54) is 77.6 Å². The Balaban J connectivity index is 0.000000154. The maximum Gasteiger partial charge on any atom is 0.292 e. The highest BCUT2D eigenvalue weighted by molar-refractivity contribution is 7.92. The van der Waals surface area contributed by atoms with Gasteiger partial charge in [0.2, 0.25) is 27.5 Å². The number of rotatable bonds is 8. The molecule has 1 amide bonds. The van der Waals surface area contributed by atoms with Gasteiger partial charge in [-0.1, -0.05) is 12.1 Å². The number of sulfonamides is 1. The monoisotopic (exact) mass is 775 g/mol. The van der Waals surface area contributed by atoms with Gasteiger partial charge in [0.05, 0.1) is 14.2 Å². The number of nitriles is 1. The molecule has 3 N–H and O–H groups in total. The number of primary sulfonamides is 1. The van der Waals surface area contributed by atoms with E-state index in [0.717, 1.165) is 94.4 Å². The molecule has 0 spiro atoms. The van der Waals surface area contributed by atoms with Crippen LogP contribution in [0, 0.1) is 11.5 Å². The summed E-state index contributed by atoms with van der Waals surface area (Å²) in [5.74, 6) is 0.00435. The highest BCUT2D eigenvalue weighted by atomic mass is 32.2. The average molecular weight is 776 g/mol. The lowest BCUT2D eigenvalue weighted by Crippen LogP contribution is -2.25. The highest BCUT2D eigenvalue weighted by Gasteiger charge is 2.28. The summed E-state index contributed by atoms with van der Waals surface area (Å²) in [5, 5.41) is 16.0. The largest absolute Gasteiger partial charge is 0.481 e. The van der Waals surface area contributed by atoms with Crippen LogP contribution in [0.3, 0.4) is 0 Å². The molecule has 0 bridgehead atoms. The number of amides is 1.